The highest BCUT2D eigenvalue weighted by Gasteiger charge is 2.15. The van der Waals surface area contributed by atoms with Crippen LogP contribution in [-0.2, 0) is 0 Å². The zero-order valence-electron chi connectivity index (χ0n) is 15.9. The van der Waals surface area contributed by atoms with Crippen molar-refractivity contribution >= 4 is 18.2 Å². The van der Waals surface area contributed by atoms with Crippen molar-refractivity contribution < 1.29 is 13.9 Å². The van der Waals surface area contributed by atoms with Gasteiger partial charge in [0.05, 0.1) is 14.2 Å². The van der Waals surface area contributed by atoms with Crippen LogP contribution in [0, 0.1) is 12.7 Å². The van der Waals surface area contributed by atoms with E-state index in [1.54, 1.807) is 49.8 Å². The normalized spacial score (nSPS) is 11.2. The van der Waals surface area contributed by atoms with Crippen LogP contribution in [-0.4, -0.2) is 31.8 Å². The Morgan fingerprint density at radius 1 is 1.07 bits per heavy atom. The lowest BCUT2D eigenvalue weighted by Gasteiger charge is -2.13. The molecule has 0 fully saturated rings. The maximum Gasteiger partial charge on any atom is 0.172 e. The Balaban J connectivity index is 2.13. The summed E-state index contributed by atoms with van der Waals surface area (Å²) in [6, 6.07) is 12.3. The van der Waals surface area contributed by atoms with E-state index in [9.17, 15) is 4.39 Å². The lowest BCUT2D eigenvalue weighted by Crippen LogP contribution is -1.98. The molecule has 3 rings (SSSR count). The lowest BCUT2D eigenvalue weighted by molar-refractivity contribution is 0.387. The Morgan fingerprint density at radius 3 is 2.50 bits per heavy atom. The zero-order valence-corrected chi connectivity index (χ0v) is 15.9. The van der Waals surface area contributed by atoms with Crippen LogP contribution in [0.1, 0.15) is 11.1 Å². The number of aryl methyl sites for hydroxylation is 1. The number of amidine groups is 1. The second-order valence-corrected chi connectivity index (χ2v) is 6.00. The summed E-state index contributed by atoms with van der Waals surface area (Å²) in [5.74, 6) is 0.689. The summed E-state index contributed by atoms with van der Waals surface area (Å²) in [5, 5.41) is 0. The minimum Gasteiger partial charge on any atom is -0.494 e. The molecule has 0 aliphatic heterocycles. The Hall–Kier alpha value is -3.54. The van der Waals surface area contributed by atoms with Crippen molar-refractivity contribution in [3.8, 4) is 22.6 Å². The van der Waals surface area contributed by atoms with Crippen molar-refractivity contribution in [2.24, 2.45) is 9.98 Å². The molecule has 0 N–H and O–H groups in total. The first kappa shape index (κ1) is 19.2. The Bertz CT molecular complexity index is 1030. The van der Waals surface area contributed by atoms with Gasteiger partial charge in [-0.3, -0.25) is 4.98 Å². The number of halogens is 1. The van der Waals surface area contributed by atoms with Gasteiger partial charge in [-0.05, 0) is 55.1 Å². The highest BCUT2D eigenvalue weighted by Crippen LogP contribution is 2.38. The van der Waals surface area contributed by atoms with Crippen LogP contribution in [0.25, 0.3) is 11.1 Å². The van der Waals surface area contributed by atoms with E-state index in [4.69, 9.17) is 9.47 Å². The average molecular weight is 377 g/mol. The summed E-state index contributed by atoms with van der Waals surface area (Å²) < 4.78 is 25.3. The van der Waals surface area contributed by atoms with Crippen LogP contribution < -0.4 is 9.47 Å². The van der Waals surface area contributed by atoms with Crippen LogP contribution in [0.3, 0.4) is 0 Å². The SMILES string of the molecule is C=NC(=Nc1c(C)cc(-c2cccc(OC)c2F)cc1OC)c1cccnc1. The molecule has 1 aromatic heterocycles. The second kappa shape index (κ2) is 8.43. The molecule has 0 aliphatic rings. The molecule has 28 heavy (non-hydrogen) atoms. The van der Waals surface area contributed by atoms with Crippen LogP contribution in [0.4, 0.5) is 10.1 Å². The smallest absolute Gasteiger partial charge is 0.172 e. The summed E-state index contributed by atoms with van der Waals surface area (Å²) in [7, 11) is 2.98. The second-order valence-electron chi connectivity index (χ2n) is 6.00. The Labute approximate surface area is 163 Å². The van der Waals surface area contributed by atoms with Crippen LogP contribution in [0.2, 0.25) is 0 Å². The van der Waals surface area contributed by atoms with Crippen molar-refractivity contribution in [3.05, 3.63) is 71.8 Å². The summed E-state index contributed by atoms with van der Waals surface area (Å²) in [6.07, 6.45) is 3.34. The fraction of sp³-hybridized carbons (Fsp3) is 0.136. The van der Waals surface area contributed by atoms with Gasteiger partial charge < -0.3 is 9.47 Å². The van der Waals surface area contributed by atoms with Gasteiger partial charge in [-0.2, -0.15) is 0 Å². The van der Waals surface area contributed by atoms with Gasteiger partial charge in [0, 0.05) is 23.5 Å². The molecule has 2 aromatic carbocycles. The molecular weight excluding hydrogens is 357 g/mol. The van der Waals surface area contributed by atoms with E-state index >= 15 is 0 Å². The molecule has 5 nitrogen and oxygen atoms in total. The molecule has 0 amide bonds. The molecule has 0 aliphatic carbocycles. The number of methoxy groups -OCH3 is 2. The molecule has 1 heterocycles. The number of aliphatic imine (C=N–C) groups is 2. The fourth-order valence-electron chi connectivity index (χ4n) is 2.89. The van der Waals surface area contributed by atoms with Gasteiger partial charge in [0.2, 0.25) is 0 Å². The van der Waals surface area contributed by atoms with E-state index in [-0.39, 0.29) is 5.75 Å². The predicted octanol–water partition coefficient (Wildman–Crippen LogP) is 4.99. The molecule has 0 saturated carbocycles. The first-order valence-electron chi connectivity index (χ1n) is 8.56. The molecule has 0 spiro atoms. The predicted molar refractivity (Wildman–Crippen MR) is 110 cm³/mol. The van der Waals surface area contributed by atoms with E-state index in [0.29, 0.717) is 28.4 Å². The van der Waals surface area contributed by atoms with Crippen molar-refractivity contribution in [1.82, 2.24) is 4.98 Å². The lowest BCUT2D eigenvalue weighted by atomic mass is 10.0. The van der Waals surface area contributed by atoms with E-state index in [2.05, 4.69) is 21.7 Å². The van der Waals surface area contributed by atoms with Gasteiger partial charge in [0.15, 0.2) is 17.4 Å². The maximum absolute atomic E-state index is 14.7. The fourth-order valence-corrected chi connectivity index (χ4v) is 2.89. The molecule has 0 saturated heterocycles. The third kappa shape index (κ3) is 3.76. The number of benzene rings is 2. The summed E-state index contributed by atoms with van der Waals surface area (Å²) in [4.78, 5) is 12.7. The third-order valence-corrected chi connectivity index (χ3v) is 4.27. The summed E-state index contributed by atoms with van der Waals surface area (Å²) in [5.41, 5.74) is 3.23. The van der Waals surface area contributed by atoms with Crippen molar-refractivity contribution in [1.29, 1.82) is 0 Å². The molecule has 0 atom stereocenters. The van der Waals surface area contributed by atoms with E-state index in [1.165, 1.54) is 7.11 Å². The molecule has 3 aromatic rings. The zero-order chi connectivity index (χ0) is 20.1. The highest BCUT2D eigenvalue weighted by molar-refractivity contribution is 6.03. The van der Waals surface area contributed by atoms with Gasteiger partial charge >= 0.3 is 0 Å². The largest absolute Gasteiger partial charge is 0.494 e. The quantitative estimate of drug-likeness (QED) is 0.465. The summed E-state index contributed by atoms with van der Waals surface area (Å²) >= 11 is 0. The molecule has 6 heteroatoms. The molecule has 142 valence electrons. The van der Waals surface area contributed by atoms with Gasteiger partial charge in [-0.15, -0.1) is 0 Å². The first-order chi connectivity index (χ1) is 13.6. The monoisotopic (exact) mass is 377 g/mol. The standard InChI is InChI=1S/C22H20FN3O2/c1-14-11-16(17-8-5-9-18(27-3)20(17)23)12-19(28-4)21(14)26-22(24-2)15-7-6-10-25-13-15/h5-13H,2H2,1,3-4H3. The van der Waals surface area contributed by atoms with Crippen LogP contribution in [0.15, 0.2) is 64.8 Å². The molecule has 0 bridgehead atoms. The van der Waals surface area contributed by atoms with Gasteiger partial charge in [-0.1, -0.05) is 12.1 Å². The van der Waals surface area contributed by atoms with Crippen molar-refractivity contribution in [2.75, 3.05) is 14.2 Å². The van der Waals surface area contributed by atoms with Crippen molar-refractivity contribution in [3.63, 3.8) is 0 Å². The molecular formula is C22H20FN3O2. The number of nitrogens with zero attached hydrogens (tertiary/aromatic N) is 3. The number of ether oxygens (including phenoxy) is 2. The van der Waals surface area contributed by atoms with Crippen LogP contribution >= 0.6 is 0 Å². The van der Waals surface area contributed by atoms with Gasteiger partial charge in [0.25, 0.3) is 0 Å². The molecule has 0 unspecified atom stereocenters. The van der Waals surface area contributed by atoms with Gasteiger partial charge in [-0.25, -0.2) is 14.4 Å². The third-order valence-electron chi connectivity index (χ3n) is 4.27. The minimum atomic E-state index is -0.425. The number of hydrogen-bond acceptors (Lipinski definition) is 4. The highest BCUT2D eigenvalue weighted by atomic mass is 19.1. The van der Waals surface area contributed by atoms with E-state index in [0.717, 1.165) is 11.1 Å². The first-order valence-corrected chi connectivity index (χ1v) is 8.56. The van der Waals surface area contributed by atoms with Crippen molar-refractivity contribution in [2.45, 2.75) is 6.92 Å². The van der Waals surface area contributed by atoms with Gasteiger partial charge in [0.1, 0.15) is 11.4 Å². The Kier molecular flexibility index (Phi) is 5.79. The number of aromatic nitrogens is 1. The van der Waals surface area contributed by atoms with E-state index < -0.39 is 5.82 Å². The minimum absolute atomic E-state index is 0.186. The Morgan fingerprint density at radius 2 is 1.86 bits per heavy atom. The van der Waals surface area contributed by atoms with Crippen LogP contribution in [0.5, 0.6) is 11.5 Å². The average Bonchev–Trinajstić information content (AvgIpc) is 2.73. The topological polar surface area (TPSA) is 56.1 Å². The number of hydrogen-bond donors (Lipinski definition) is 0. The maximum atomic E-state index is 14.7. The molecule has 0 radical (unpaired) electrons. The number of rotatable bonds is 5. The van der Waals surface area contributed by atoms with E-state index in [1.807, 2.05) is 19.1 Å². The number of pyridine rings is 1. The summed E-state index contributed by atoms with van der Waals surface area (Å²) in [6.45, 7) is 5.48.